The maximum Gasteiger partial charge on any atom is 0.307 e. The third-order valence-electron chi connectivity index (χ3n) is 2.45. The molecule has 0 saturated heterocycles. The Morgan fingerprint density at radius 3 is 2.00 bits per heavy atom. The SMILES string of the molecule is O=[N+]([O-])c1cnn(Cc2c(F)c(F)c(F)c(F)c2F)c1. The standard InChI is InChI=1S/C10H4F5N3O2/c11-6-5(7(12)9(14)10(15)8(6)13)3-17-2-4(1-16-17)18(19)20/h1-2H,3H2. The van der Waals surface area contributed by atoms with Gasteiger partial charge in [0, 0.05) is 0 Å². The summed E-state index contributed by atoms with van der Waals surface area (Å²) in [6.45, 7) is -0.834. The molecule has 1 aromatic heterocycles. The summed E-state index contributed by atoms with van der Waals surface area (Å²) in [6, 6.07) is 0. The summed E-state index contributed by atoms with van der Waals surface area (Å²) in [5.41, 5.74) is -1.60. The minimum atomic E-state index is -2.27. The third-order valence-corrected chi connectivity index (χ3v) is 2.45. The molecule has 10 heteroatoms. The first-order chi connectivity index (χ1) is 9.32. The monoisotopic (exact) mass is 293 g/mol. The van der Waals surface area contributed by atoms with Gasteiger partial charge in [0.2, 0.25) is 5.82 Å². The van der Waals surface area contributed by atoms with Crippen molar-refractivity contribution >= 4 is 5.69 Å². The van der Waals surface area contributed by atoms with Crippen LogP contribution in [0.5, 0.6) is 0 Å². The number of hydrogen-bond donors (Lipinski definition) is 0. The minimum absolute atomic E-state index is 0.478. The molecular weight excluding hydrogens is 289 g/mol. The Bertz CT molecular complexity index is 671. The fourth-order valence-corrected chi connectivity index (χ4v) is 1.48. The third kappa shape index (κ3) is 2.19. The van der Waals surface area contributed by atoms with Crippen molar-refractivity contribution in [3.8, 4) is 0 Å². The first-order valence-electron chi connectivity index (χ1n) is 5.00. The Hall–Kier alpha value is -2.52. The molecule has 2 aromatic rings. The van der Waals surface area contributed by atoms with Gasteiger partial charge in [-0.1, -0.05) is 0 Å². The zero-order valence-electron chi connectivity index (χ0n) is 9.41. The largest absolute Gasteiger partial charge is 0.307 e. The maximum atomic E-state index is 13.4. The van der Waals surface area contributed by atoms with Gasteiger partial charge in [0.05, 0.1) is 17.0 Å². The predicted octanol–water partition coefficient (Wildman–Crippen LogP) is 2.54. The van der Waals surface area contributed by atoms with Crippen molar-refractivity contribution in [3.63, 3.8) is 0 Å². The zero-order chi connectivity index (χ0) is 15.0. The van der Waals surface area contributed by atoms with E-state index in [1.165, 1.54) is 0 Å². The second kappa shape index (κ2) is 4.87. The molecule has 2 rings (SSSR count). The molecule has 0 aliphatic rings. The quantitative estimate of drug-likeness (QED) is 0.287. The Morgan fingerprint density at radius 2 is 1.55 bits per heavy atom. The Balaban J connectivity index is 2.45. The van der Waals surface area contributed by atoms with Gasteiger partial charge in [0.15, 0.2) is 23.3 Å². The van der Waals surface area contributed by atoms with Gasteiger partial charge in [0.1, 0.15) is 12.4 Å². The summed E-state index contributed by atoms with van der Waals surface area (Å²) >= 11 is 0. The second-order valence-electron chi connectivity index (χ2n) is 3.70. The summed E-state index contributed by atoms with van der Waals surface area (Å²) in [7, 11) is 0. The van der Waals surface area contributed by atoms with E-state index in [0.29, 0.717) is 4.68 Å². The van der Waals surface area contributed by atoms with Crippen molar-refractivity contribution in [1.29, 1.82) is 0 Å². The Labute approximate surface area is 107 Å². The lowest BCUT2D eigenvalue weighted by Crippen LogP contribution is -2.11. The van der Waals surface area contributed by atoms with Crippen LogP contribution in [0.15, 0.2) is 12.4 Å². The molecule has 0 aliphatic heterocycles. The fraction of sp³-hybridized carbons (Fsp3) is 0.100. The van der Waals surface area contributed by atoms with Gasteiger partial charge < -0.3 is 0 Å². The second-order valence-corrected chi connectivity index (χ2v) is 3.70. The lowest BCUT2D eigenvalue weighted by atomic mass is 10.1. The first-order valence-corrected chi connectivity index (χ1v) is 5.00. The number of nitro groups is 1. The van der Waals surface area contributed by atoms with Crippen molar-refractivity contribution in [1.82, 2.24) is 9.78 Å². The number of nitrogens with zero attached hydrogens (tertiary/aromatic N) is 3. The van der Waals surface area contributed by atoms with Gasteiger partial charge in [-0.2, -0.15) is 5.10 Å². The average Bonchev–Trinajstić information content (AvgIpc) is 2.88. The zero-order valence-corrected chi connectivity index (χ0v) is 9.41. The molecule has 0 bridgehead atoms. The van der Waals surface area contributed by atoms with E-state index < -0.39 is 51.8 Å². The van der Waals surface area contributed by atoms with Crippen LogP contribution in [0.25, 0.3) is 0 Å². The van der Waals surface area contributed by atoms with Gasteiger partial charge in [-0.05, 0) is 0 Å². The Kier molecular flexibility index (Phi) is 3.38. The number of aromatic nitrogens is 2. The molecular formula is C10H4F5N3O2. The van der Waals surface area contributed by atoms with Crippen molar-refractivity contribution in [2.45, 2.75) is 6.54 Å². The molecule has 0 N–H and O–H groups in total. The Morgan fingerprint density at radius 1 is 1.05 bits per heavy atom. The van der Waals surface area contributed by atoms with Crippen molar-refractivity contribution < 1.29 is 26.9 Å². The molecule has 0 atom stereocenters. The lowest BCUT2D eigenvalue weighted by Gasteiger charge is -2.07. The van der Waals surface area contributed by atoms with Crippen molar-refractivity contribution in [3.05, 3.63) is 57.2 Å². The molecule has 0 fully saturated rings. The lowest BCUT2D eigenvalue weighted by molar-refractivity contribution is -0.385. The van der Waals surface area contributed by atoms with E-state index in [1.807, 2.05) is 0 Å². The number of benzene rings is 1. The molecule has 1 heterocycles. The van der Waals surface area contributed by atoms with Crippen molar-refractivity contribution in [2.75, 3.05) is 0 Å². The predicted molar refractivity (Wildman–Crippen MR) is 54.2 cm³/mol. The molecule has 0 amide bonds. The topological polar surface area (TPSA) is 61.0 Å². The highest BCUT2D eigenvalue weighted by molar-refractivity contribution is 5.26. The van der Waals surface area contributed by atoms with Crippen LogP contribution in [0.4, 0.5) is 27.6 Å². The molecule has 0 saturated carbocycles. The van der Waals surface area contributed by atoms with Crippen LogP contribution in [0, 0.1) is 39.2 Å². The number of hydrogen-bond acceptors (Lipinski definition) is 3. The van der Waals surface area contributed by atoms with E-state index in [4.69, 9.17) is 0 Å². The number of rotatable bonds is 3. The van der Waals surface area contributed by atoms with E-state index in [2.05, 4.69) is 5.10 Å². The van der Waals surface area contributed by atoms with Crippen LogP contribution in [0.2, 0.25) is 0 Å². The van der Waals surface area contributed by atoms with Gasteiger partial charge in [-0.15, -0.1) is 0 Å². The molecule has 0 aliphatic carbocycles. The van der Waals surface area contributed by atoms with E-state index in [1.54, 1.807) is 0 Å². The molecule has 0 spiro atoms. The van der Waals surface area contributed by atoms with E-state index in [9.17, 15) is 32.1 Å². The van der Waals surface area contributed by atoms with E-state index in [0.717, 1.165) is 12.4 Å². The summed E-state index contributed by atoms with van der Waals surface area (Å²) < 4.78 is 66.1. The number of halogens is 5. The van der Waals surface area contributed by atoms with Crippen molar-refractivity contribution in [2.24, 2.45) is 0 Å². The van der Waals surface area contributed by atoms with Crippen LogP contribution in [-0.4, -0.2) is 14.7 Å². The fourth-order valence-electron chi connectivity index (χ4n) is 1.48. The van der Waals surface area contributed by atoms with Gasteiger partial charge in [-0.25, -0.2) is 22.0 Å². The smallest absolute Gasteiger partial charge is 0.261 e. The summed E-state index contributed by atoms with van der Waals surface area (Å²) in [5, 5.41) is 13.8. The summed E-state index contributed by atoms with van der Waals surface area (Å²) in [5.74, 6) is -10.4. The highest BCUT2D eigenvalue weighted by Gasteiger charge is 2.26. The van der Waals surface area contributed by atoms with Crippen LogP contribution in [0.1, 0.15) is 5.56 Å². The highest BCUT2D eigenvalue weighted by atomic mass is 19.2. The van der Waals surface area contributed by atoms with E-state index in [-0.39, 0.29) is 0 Å². The molecule has 20 heavy (non-hydrogen) atoms. The average molecular weight is 293 g/mol. The minimum Gasteiger partial charge on any atom is -0.261 e. The van der Waals surface area contributed by atoms with Crippen LogP contribution in [-0.2, 0) is 6.54 Å². The normalized spacial score (nSPS) is 10.8. The maximum absolute atomic E-state index is 13.4. The highest BCUT2D eigenvalue weighted by Crippen LogP contribution is 2.24. The van der Waals surface area contributed by atoms with Crippen LogP contribution >= 0.6 is 0 Å². The van der Waals surface area contributed by atoms with Gasteiger partial charge in [-0.3, -0.25) is 14.8 Å². The summed E-state index contributed by atoms with van der Waals surface area (Å²) in [6.07, 6.45) is 1.59. The first kappa shape index (κ1) is 13.9. The molecule has 0 unspecified atom stereocenters. The van der Waals surface area contributed by atoms with E-state index >= 15 is 0 Å². The van der Waals surface area contributed by atoms with Crippen LogP contribution in [0.3, 0.4) is 0 Å². The van der Waals surface area contributed by atoms with Crippen LogP contribution < -0.4 is 0 Å². The molecule has 1 aromatic carbocycles. The molecule has 5 nitrogen and oxygen atoms in total. The van der Waals surface area contributed by atoms with Gasteiger partial charge in [0.25, 0.3) is 0 Å². The molecule has 0 radical (unpaired) electrons. The van der Waals surface area contributed by atoms with Gasteiger partial charge >= 0.3 is 5.69 Å². The molecule has 106 valence electrons. The summed E-state index contributed by atoms with van der Waals surface area (Å²) in [4.78, 5) is 9.57.